The lowest BCUT2D eigenvalue weighted by Crippen LogP contribution is -2.38. The van der Waals surface area contributed by atoms with Crippen LogP contribution in [0.5, 0.6) is 5.75 Å². The number of benzene rings is 1. The van der Waals surface area contributed by atoms with Gasteiger partial charge in [-0.1, -0.05) is 13.8 Å². The maximum Gasteiger partial charge on any atom is 0.150 e. The molecule has 0 radical (unpaired) electrons. The van der Waals surface area contributed by atoms with Gasteiger partial charge < -0.3 is 15.2 Å². The van der Waals surface area contributed by atoms with Crippen molar-refractivity contribution in [2.45, 2.75) is 45.3 Å². The molecular formula is C18H28N2O4S. The Morgan fingerprint density at radius 1 is 1.24 bits per heavy atom. The molecule has 0 amide bonds. The number of rotatable bonds is 12. The van der Waals surface area contributed by atoms with E-state index in [0.29, 0.717) is 30.7 Å². The number of nitrogens with zero attached hydrogens (tertiary/aromatic N) is 1. The summed E-state index contributed by atoms with van der Waals surface area (Å²) in [5.74, 6) is 0.991. The van der Waals surface area contributed by atoms with Crippen molar-refractivity contribution in [3.8, 4) is 11.8 Å². The predicted molar refractivity (Wildman–Crippen MR) is 98.3 cm³/mol. The second-order valence-corrected chi connectivity index (χ2v) is 8.36. The average molecular weight is 368 g/mol. The van der Waals surface area contributed by atoms with Crippen molar-refractivity contribution in [2.75, 3.05) is 24.7 Å². The molecule has 0 bridgehead atoms. The Balaban J connectivity index is 2.32. The summed E-state index contributed by atoms with van der Waals surface area (Å²) in [6.45, 7) is 4.31. The van der Waals surface area contributed by atoms with Gasteiger partial charge in [0.2, 0.25) is 0 Å². The Labute approximate surface area is 150 Å². The highest BCUT2D eigenvalue weighted by atomic mass is 32.2. The van der Waals surface area contributed by atoms with Gasteiger partial charge in [0.25, 0.3) is 0 Å². The lowest BCUT2D eigenvalue weighted by Gasteiger charge is -2.19. The minimum atomic E-state index is -2.98. The zero-order valence-corrected chi connectivity index (χ0v) is 15.8. The normalized spacial score (nSPS) is 13.8. The molecule has 2 N–H and O–H groups in total. The summed E-state index contributed by atoms with van der Waals surface area (Å²) in [4.78, 5) is 0. The summed E-state index contributed by atoms with van der Waals surface area (Å²) in [7, 11) is -2.98. The molecule has 25 heavy (non-hydrogen) atoms. The summed E-state index contributed by atoms with van der Waals surface area (Å²) < 4.78 is 29.0. The molecule has 0 spiro atoms. The fourth-order valence-corrected chi connectivity index (χ4v) is 3.83. The molecule has 0 saturated heterocycles. The molecule has 1 aromatic rings. The first-order valence-electron chi connectivity index (χ1n) is 8.65. The Kier molecular flexibility index (Phi) is 9.50. The Bertz CT molecular complexity index is 638. The van der Waals surface area contributed by atoms with E-state index in [-0.39, 0.29) is 24.2 Å². The second kappa shape index (κ2) is 11.1. The van der Waals surface area contributed by atoms with Crippen molar-refractivity contribution >= 4 is 9.84 Å². The number of aliphatic hydroxyl groups excluding tert-OH is 1. The molecule has 0 aliphatic rings. The molecule has 0 saturated carbocycles. The van der Waals surface area contributed by atoms with Gasteiger partial charge in [-0.05, 0) is 43.5 Å². The Hall–Kier alpha value is -1.62. The molecule has 7 heteroatoms. The van der Waals surface area contributed by atoms with Gasteiger partial charge in [-0.25, -0.2) is 8.42 Å². The molecule has 140 valence electrons. The van der Waals surface area contributed by atoms with Gasteiger partial charge in [0.05, 0.1) is 17.4 Å². The van der Waals surface area contributed by atoms with Crippen LogP contribution in [-0.4, -0.2) is 50.3 Å². The highest BCUT2D eigenvalue weighted by molar-refractivity contribution is 7.91. The van der Waals surface area contributed by atoms with E-state index in [1.165, 1.54) is 0 Å². The van der Waals surface area contributed by atoms with Crippen molar-refractivity contribution in [3.63, 3.8) is 0 Å². The van der Waals surface area contributed by atoms with Crippen LogP contribution in [0, 0.1) is 11.3 Å². The lowest BCUT2D eigenvalue weighted by atomic mass is 10.1. The van der Waals surface area contributed by atoms with E-state index in [9.17, 15) is 13.5 Å². The molecule has 0 aliphatic carbocycles. The average Bonchev–Trinajstić information content (AvgIpc) is 2.60. The molecule has 6 nitrogen and oxygen atoms in total. The number of nitriles is 1. The van der Waals surface area contributed by atoms with Crippen LogP contribution in [0.15, 0.2) is 24.3 Å². The zero-order valence-electron chi connectivity index (χ0n) is 14.9. The Morgan fingerprint density at radius 2 is 1.92 bits per heavy atom. The minimum Gasteiger partial charge on any atom is -0.491 e. The molecule has 1 aromatic carbocycles. The topological polar surface area (TPSA) is 99.4 Å². The van der Waals surface area contributed by atoms with Crippen molar-refractivity contribution in [1.82, 2.24) is 5.32 Å². The minimum absolute atomic E-state index is 0.0520. The van der Waals surface area contributed by atoms with Crippen LogP contribution >= 0.6 is 0 Å². The summed E-state index contributed by atoms with van der Waals surface area (Å²) in [6.07, 6.45) is 1.28. The molecule has 2 unspecified atom stereocenters. The Morgan fingerprint density at radius 3 is 2.48 bits per heavy atom. The van der Waals surface area contributed by atoms with Crippen molar-refractivity contribution in [2.24, 2.45) is 0 Å². The third-order valence-electron chi connectivity index (χ3n) is 3.85. The molecule has 0 fully saturated rings. The molecule has 0 aromatic heterocycles. The summed E-state index contributed by atoms with van der Waals surface area (Å²) in [5, 5.41) is 21.9. The van der Waals surface area contributed by atoms with Gasteiger partial charge in [-0.3, -0.25) is 0 Å². The van der Waals surface area contributed by atoms with E-state index in [1.54, 1.807) is 24.3 Å². The van der Waals surface area contributed by atoms with Gasteiger partial charge in [0.15, 0.2) is 0 Å². The van der Waals surface area contributed by atoms with Crippen molar-refractivity contribution < 1.29 is 18.3 Å². The van der Waals surface area contributed by atoms with Crippen LogP contribution in [-0.2, 0) is 9.84 Å². The van der Waals surface area contributed by atoms with E-state index in [0.717, 1.165) is 6.42 Å². The van der Waals surface area contributed by atoms with E-state index in [2.05, 4.69) is 5.32 Å². The monoisotopic (exact) mass is 368 g/mol. The van der Waals surface area contributed by atoms with Crippen molar-refractivity contribution in [3.05, 3.63) is 29.8 Å². The van der Waals surface area contributed by atoms with Gasteiger partial charge in [-0.2, -0.15) is 5.26 Å². The number of nitrogens with one attached hydrogen (secondary N) is 1. The number of hydrogen-bond acceptors (Lipinski definition) is 6. The van der Waals surface area contributed by atoms with E-state index in [1.807, 2.05) is 19.9 Å². The number of aliphatic hydroxyl groups is 1. The highest BCUT2D eigenvalue weighted by Crippen LogP contribution is 2.11. The predicted octanol–water partition coefficient (Wildman–Crippen LogP) is 1.88. The standard InChI is InChI=1S/C18H28N2O4S/c1-3-10-25(22,23)11-9-16(4-2)20-13-17(21)14-24-18-7-5-15(12-19)6-8-18/h5-8,16-17,20-21H,3-4,9-11,13-14H2,1-2H3. The second-order valence-electron chi connectivity index (χ2n) is 6.05. The van der Waals surface area contributed by atoms with Gasteiger partial charge >= 0.3 is 0 Å². The third-order valence-corrected chi connectivity index (χ3v) is 5.74. The van der Waals surface area contributed by atoms with Gasteiger partial charge in [0, 0.05) is 18.3 Å². The molecule has 0 aliphatic heterocycles. The number of ether oxygens (including phenoxy) is 1. The summed E-state index contributed by atoms with van der Waals surface area (Å²) in [5.41, 5.74) is 0.554. The van der Waals surface area contributed by atoms with Crippen LogP contribution < -0.4 is 10.1 Å². The van der Waals surface area contributed by atoms with Crippen molar-refractivity contribution in [1.29, 1.82) is 5.26 Å². The van der Waals surface area contributed by atoms with Gasteiger partial charge in [0.1, 0.15) is 28.3 Å². The largest absolute Gasteiger partial charge is 0.491 e. The highest BCUT2D eigenvalue weighted by Gasteiger charge is 2.15. The quantitative estimate of drug-likeness (QED) is 0.584. The third kappa shape index (κ3) is 8.87. The molecule has 1 rings (SSSR count). The fraction of sp³-hybridized carbons (Fsp3) is 0.611. The number of hydrogen-bond donors (Lipinski definition) is 2. The van der Waals surface area contributed by atoms with Crippen LogP contribution in [0.2, 0.25) is 0 Å². The molecule has 2 atom stereocenters. The van der Waals surface area contributed by atoms with Gasteiger partial charge in [-0.15, -0.1) is 0 Å². The van der Waals surface area contributed by atoms with E-state index in [4.69, 9.17) is 10.00 Å². The SMILES string of the molecule is CCCS(=O)(=O)CCC(CC)NCC(O)COc1ccc(C#N)cc1. The van der Waals surface area contributed by atoms with Crippen LogP contribution in [0.4, 0.5) is 0 Å². The van der Waals surface area contributed by atoms with Crippen LogP contribution in [0.3, 0.4) is 0 Å². The van der Waals surface area contributed by atoms with E-state index >= 15 is 0 Å². The number of sulfone groups is 1. The zero-order chi connectivity index (χ0) is 18.7. The smallest absolute Gasteiger partial charge is 0.150 e. The maximum absolute atomic E-state index is 11.8. The first-order chi connectivity index (χ1) is 11.9. The summed E-state index contributed by atoms with van der Waals surface area (Å²) in [6, 6.07) is 8.77. The lowest BCUT2D eigenvalue weighted by molar-refractivity contribution is 0.103. The van der Waals surface area contributed by atoms with Crippen LogP contribution in [0.25, 0.3) is 0 Å². The summed E-state index contributed by atoms with van der Waals surface area (Å²) >= 11 is 0. The van der Waals surface area contributed by atoms with Crippen LogP contribution in [0.1, 0.15) is 38.7 Å². The first-order valence-corrected chi connectivity index (χ1v) is 10.5. The first kappa shape index (κ1) is 21.4. The van der Waals surface area contributed by atoms with E-state index < -0.39 is 15.9 Å². The fourth-order valence-electron chi connectivity index (χ4n) is 2.37. The molecular weight excluding hydrogens is 340 g/mol. The molecule has 0 heterocycles. The maximum atomic E-state index is 11.8.